The van der Waals surface area contributed by atoms with Gasteiger partial charge in [-0.05, 0) is 37.6 Å². The average Bonchev–Trinajstić information content (AvgIpc) is 2.43. The fourth-order valence-corrected chi connectivity index (χ4v) is 2.41. The number of halogens is 3. The Bertz CT molecular complexity index is 542. The minimum absolute atomic E-state index is 0.0211. The van der Waals surface area contributed by atoms with Crippen molar-refractivity contribution in [2.24, 2.45) is 0 Å². The van der Waals surface area contributed by atoms with Crippen LogP contribution in [0, 0.1) is 0 Å². The van der Waals surface area contributed by atoms with Crippen LogP contribution in [0.4, 0.5) is 13.2 Å². The van der Waals surface area contributed by atoms with Crippen molar-refractivity contribution >= 4 is 12.0 Å². The van der Waals surface area contributed by atoms with E-state index in [0.29, 0.717) is 18.7 Å². The van der Waals surface area contributed by atoms with Gasteiger partial charge in [0.05, 0.1) is 17.8 Å². The van der Waals surface area contributed by atoms with E-state index in [-0.39, 0.29) is 18.1 Å². The third-order valence-electron chi connectivity index (χ3n) is 3.39. The predicted molar refractivity (Wildman–Crippen MR) is 77.1 cm³/mol. The number of nitrogens with zero attached hydrogens (tertiary/aromatic N) is 1. The second-order valence-electron chi connectivity index (χ2n) is 5.45. The maximum Gasteiger partial charge on any atom is 0.416 e. The van der Waals surface area contributed by atoms with Gasteiger partial charge in [-0.15, -0.1) is 0 Å². The van der Waals surface area contributed by atoms with Crippen LogP contribution in [0.15, 0.2) is 30.3 Å². The van der Waals surface area contributed by atoms with E-state index in [4.69, 9.17) is 4.74 Å². The molecule has 2 rings (SSSR count). The van der Waals surface area contributed by atoms with Gasteiger partial charge in [0, 0.05) is 19.2 Å². The Labute approximate surface area is 127 Å². The second kappa shape index (κ2) is 6.52. The van der Waals surface area contributed by atoms with E-state index in [1.807, 2.05) is 13.8 Å². The van der Waals surface area contributed by atoms with Crippen molar-refractivity contribution in [3.63, 3.8) is 0 Å². The normalized spacial score (nSPS) is 23.0. The van der Waals surface area contributed by atoms with E-state index in [1.165, 1.54) is 24.3 Å². The van der Waals surface area contributed by atoms with Gasteiger partial charge in [-0.3, -0.25) is 4.79 Å². The highest BCUT2D eigenvalue weighted by Gasteiger charge is 2.29. The zero-order valence-corrected chi connectivity index (χ0v) is 12.4. The molecule has 1 saturated heterocycles. The molecule has 1 aromatic rings. The highest BCUT2D eigenvalue weighted by molar-refractivity contribution is 5.91. The monoisotopic (exact) mass is 313 g/mol. The summed E-state index contributed by atoms with van der Waals surface area (Å²) >= 11 is 0. The first-order chi connectivity index (χ1) is 10.3. The molecule has 1 aromatic carbocycles. The summed E-state index contributed by atoms with van der Waals surface area (Å²) in [5.74, 6) is -0.165. The molecule has 0 bridgehead atoms. The Morgan fingerprint density at radius 2 is 1.73 bits per heavy atom. The second-order valence-corrected chi connectivity index (χ2v) is 5.45. The zero-order valence-electron chi connectivity index (χ0n) is 12.4. The Morgan fingerprint density at radius 1 is 1.18 bits per heavy atom. The van der Waals surface area contributed by atoms with Crippen molar-refractivity contribution in [3.8, 4) is 0 Å². The molecule has 1 heterocycles. The highest BCUT2D eigenvalue weighted by Crippen LogP contribution is 2.29. The van der Waals surface area contributed by atoms with Crippen molar-refractivity contribution in [1.82, 2.24) is 4.90 Å². The number of carbonyl (C=O) groups is 1. The minimum atomic E-state index is -4.35. The quantitative estimate of drug-likeness (QED) is 0.784. The molecular weight excluding hydrogens is 295 g/mol. The molecule has 2 unspecified atom stereocenters. The van der Waals surface area contributed by atoms with Crippen molar-refractivity contribution in [2.75, 3.05) is 13.1 Å². The molecule has 0 saturated carbocycles. The van der Waals surface area contributed by atoms with Crippen LogP contribution in [0.25, 0.3) is 6.08 Å². The minimum Gasteiger partial charge on any atom is -0.372 e. The molecule has 22 heavy (non-hydrogen) atoms. The van der Waals surface area contributed by atoms with Crippen molar-refractivity contribution in [3.05, 3.63) is 41.5 Å². The summed E-state index contributed by atoms with van der Waals surface area (Å²) in [5, 5.41) is 0. The average molecular weight is 313 g/mol. The summed E-state index contributed by atoms with van der Waals surface area (Å²) in [7, 11) is 0. The van der Waals surface area contributed by atoms with Crippen LogP contribution >= 0.6 is 0 Å². The largest absolute Gasteiger partial charge is 0.416 e. The molecule has 1 aliphatic rings. The SMILES string of the molecule is CC1CN(C(=O)C=Cc2ccc(C(F)(F)F)cc2)CC(C)O1. The maximum atomic E-state index is 12.5. The summed E-state index contributed by atoms with van der Waals surface area (Å²) in [6, 6.07) is 4.69. The lowest BCUT2D eigenvalue weighted by molar-refractivity contribution is -0.138. The van der Waals surface area contributed by atoms with E-state index in [2.05, 4.69) is 0 Å². The lowest BCUT2D eigenvalue weighted by atomic mass is 10.1. The van der Waals surface area contributed by atoms with E-state index in [9.17, 15) is 18.0 Å². The highest BCUT2D eigenvalue weighted by atomic mass is 19.4. The number of carbonyl (C=O) groups excluding carboxylic acids is 1. The molecule has 0 spiro atoms. The van der Waals surface area contributed by atoms with E-state index in [0.717, 1.165) is 12.1 Å². The number of alkyl halides is 3. The van der Waals surface area contributed by atoms with Crippen LogP contribution in [0.3, 0.4) is 0 Å². The van der Waals surface area contributed by atoms with Crippen molar-refractivity contribution in [2.45, 2.75) is 32.2 Å². The van der Waals surface area contributed by atoms with Gasteiger partial charge in [0.15, 0.2) is 0 Å². The van der Waals surface area contributed by atoms with Crippen LogP contribution in [0.5, 0.6) is 0 Å². The van der Waals surface area contributed by atoms with Gasteiger partial charge in [0.2, 0.25) is 5.91 Å². The van der Waals surface area contributed by atoms with Crippen LogP contribution in [-0.2, 0) is 15.7 Å². The molecule has 0 aromatic heterocycles. The zero-order chi connectivity index (χ0) is 16.3. The number of benzene rings is 1. The third-order valence-corrected chi connectivity index (χ3v) is 3.39. The Morgan fingerprint density at radius 3 is 2.23 bits per heavy atom. The van der Waals surface area contributed by atoms with Gasteiger partial charge in [-0.2, -0.15) is 13.2 Å². The molecule has 1 aliphatic heterocycles. The lowest BCUT2D eigenvalue weighted by Crippen LogP contribution is -2.47. The van der Waals surface area contributed by atoms with Crippen molar-refractivity contribution in [1.29, 1.82) is 0 Å². The Kier molecular flexibility index (Phi) is 4.90. The summed E-state index contributed by atoms with van der Waals surface area (Å²) in [4.78, 5) is 13.8. The number of hydrogen-bond donors (Lipinski definition) is 0. The smallest absolute Gasteiger partial charge is 0.372 e. The molecule has 0 aliphatic carbocycles. The molecule has 1 amide bonds. The molecule has 2 atom stereocenters. The fourth-order valence-electron chi connectivity index (χ4n) is 2.41. The van der Waals surface area contributed by atoms with Gasteiger partial charge in [0.1, 0.15) is 0 Å². The summed E-state index contributed by atoms with van der Waals surface area (Å²) in [5.41, 5.74) is -0.150. The standard InChI is InChI=1S/C16H18F3NO2/c1-11-9-20(10-12(2)22-11)15(21)8-5-13-3-6-14(7-4-13)16(17,18)19/h3-8,11-12H,9-10H2,1-2H3. The van der Waals surface area contributed by atoms with Crippen LogP contribution in [0.2, 0.25) is 0 Å². The fraction of sp³-hybridized carbons (Fsp3) is 0.438. The lowest BCUT2D eigenvalue weighted by Gasteiger charge is -2.34. The van der Waals surface area contributed by atoms with Gasteiger partial charge in [0.25, 0.3) is 0 Å². The molecule has 1 fully saturated rings. The Hall–Kier alpha value is -1.82. The molecule has 0 N–H and O–H groups in total. The number of ether oxygens (including phenoxy) is 1. The van der Waals surface area contributed by atoms with E-state index in [1.54, 1.807) is 4.90 Å². The predicted octanol–water partition coefficient (Wildman–Crippen LogP) is 3.35. The third kappa shape index (κ3) is 4.34. The molecular formula is C16H18F3NO2. The molecule has 6 heteroatoms. The van der Waals surface area contributed by atoms with Gasteiger partial charge in [-0.1, -0.05) is 12.1 Å². The van der Waals surface area contributed by atoms with Gasteiger partial charge >= 0.3 is 6.18 Å². The number of rotatable bonds is 2. The van der Waals surface area contributed by atoms with Gasteiger partial charge in [-0.25, -0.2) is 0 Å². The first kappa shape index (κ1) is 16.5. The van der Waals surface area contributed by atoms with Crippen molar-refractivity contribution < 1.29 is 22.7 Å². The summed E-state index contributed by atoms with van der Waals surface area (Å²) in [6.45, 7) is 4.83. The molecule has 0 radical (unpaired) electrons. The summed E-state index contributed by atoms with van der Waals surface area (Å²) < 4.78 is 42.9. The number of amides is 1. The van der Waals surface area contributed by atoms with Crippen LogP contribution in [0.1, 0.15) is 25.0 Å². The maximum absolute atomic E-state index is 12.5. The topological polar surface area (TPSA) is 29.5 Å². The van der Waals surface area contributed by atoms with Gasteiger partial charge < -0.3 is 9.64 Å². The van der Waals surface area contributed by atoms with E-state index >= 15 is 0 Å². The first-order valence-corrected chi connectivity index (χ1v) is 7.05. The van der Waals surface area contributed by atoms with E-state index < -0.39 is 11.7 Å². The summed E-state index contributed by atoms with van der Waals surface area (Å²) in [6.07, 6.45) is -1.49. The first-order valence-electron chi connectivity index (χ1n) is 7.05. The number of hydrogen-bond acceptors (Lipinski definition) is 2. The van der Waals surface area contributed by atoms with Crippen LogP contribution < -0.4 is 0 Å². The number of morpholine rings is 1. The Balaban J connectivity index is 2.00. The van der Waals surface area contributed by atoms with Crippen LogP contribution in [-0.4, -0.2) is 36.1 Å². The molecule has 3 nitrogen and oxygen atoms in total. The molecule has 120 valence electrons.